The maximum Gasteiger partial charge on any atom is 0.410 e. The van der Waals surface area contributed by atoms with E-state index in [4.69, 9.17) is 5.11 Å². The Bertz CT molecular complexity index is 375. The number of rotatable bonds is 1. The average molecular weight is 171 g/mol. The summed E-state index contributed by atoms with van der Waals surface area (Å²) in [6.45, 7) is 0. The quantitative estimate of drug-likeness (QED) is 0.440. The number of carbonyl (C=O) groups is 1. The van der Waals surface area contributed by atoms with Crippen molar-refractivity contribution < 1.29 is 9.90 Å². The first-order valence-corrected chi connectivity index (χ1v) is 2.91. The number of H-pyrrole nitrogens is 2. The van der Waals surface area contributed by atoms with E-state index in [1.807, 2.05) is 10.3 Å². The van der Waals surface area contributed by atoms with Crippen LogP contribution in [-0.2, 0) is 0 Å². The summed E-state index contributed by atoms with van der Waals surface area (Å²) in [6, 6.07) is 0.926. The van der Waals surface area contributed by atoms with E-state index < -0.39 is 17.3 Å². The van der Waals surface area contributed by atoms with Crippen molar-refractivity contribution in [1.29, 1.82) is 0 Å². The van der Waals surface area contributed by atoms with Crippen LogP contribution in [0.3, 0.4) is 0 Å². The molecule has 0 saturated heterocycles. The van der Waals surface area contributed by atoms with E-state index in [1.165, 1.54) is 0 Å². The summed E-state index contributed by atoms with van der Waals surface area (Å²) in [5.41, 5.74) is -1.42. The van der Waals surface area contributed by atoms with Gasteiger partial charge in [0.05, 0.1) is 0 Å². The van der Waals surface area contributed by atoms with Crippen molar-refractivity contribution in [3.63, 3.8) is 0 Å². The number of hydrogen-bond donors (Lipinski definition) is 4. The van der Waals surface area contributed by atoms with Gasteiger partial charge < -0.3 is 5.11 Å². The van der Waals surface area contributed by atoms with Gasteiger partial charge in [-0.05, 0) is 0 Å². The molecular weight excluding hydrogens is 166 g/mol. The first-order chi connectivity index (χ1) is 5.58. The molecule has 1 amide bonds. The predicted molar refractivity (Wildman–Crippen MR) is 39.3 cm³/mol. The summed E-state index contributed by atoms with van der Waals surface area (Å²) in [6.07, 6.45) is -1.35. The van der Waals surface area contributed by atoms with Crippen molar-refractivity contribution in [2.75, 3.05) is 5.32 Å². The number of aromatic amines is 2. The van der Waals surface area contributed by atoms with Crippen LogP contribution in [0, 0.1) is 0 Å². The lowest BCUT2D eigenvalue weighted by atomic mass is 10.6. The molecule has 1 aromatic rings. The summed E-state index contributed by atoms with van der Waals surface area (Å²) in [5, 5.41) is 10.0. The molecule has 12 heavy (non-hydrogen) atoms. The molecular formula is C5H5N3O4. The Morgan fingerprint density at radius 3 is 2.58 bits per heavy atom. The smallest absolute Gasteiger partial charge is 0.410 e. The van der Waals surface area contributed by atoms with E-state index in [9.17, 15) is 14.4 Å². The van der Waals surface area contributed by atoms with Gasteiger partial charge in [0.15, 0.2) is 0 Å². The lowest BCUT2D eigenvalue weighted by Crippen LogP contribution is -2.24. The molecule has 0 saturated carbocycles. The van der Waals surface area contributed by atoms with Gasteiger partial charge in [-0.3, -0.25) is 20.1 Å². The fourth-order valence-electron chi connectivity index (χ4n) is 0.651. The largest absolute Gasteiger partial charge is 0.465 e. The highest BCUT2D eigenvalue weighted by Crippen LogP contribution is 1.90. The zero-order valence-corrected chi connectivity index (χ0v) is 5.75. The molecule has 64 valence electrons. The van der Waals surface area contributed by atoms with Gasteiger partial charge in [-0.25, -0.2) is 9.59 Å². The fourth-order valence-corrected chi connectivity index (χ4v) is 0.651. The highest BCUT2D eigenvalue weighted by Gasteiger charge is 1.98. The second-order valence-electron chi connectivity index (χ2n) is 1.93. The summed E-state index contributed by atoms with van der Waals surface area (Å²) < 4.78 is 0. The van der Waals surface area contributed by atoms with Gasteiger partial charge in [-0.15, -0.1) is 0 Å². The van der Waals surface area contributed by atoms with Crippen molar-refractivity contribution in [3.8, 4) is 0 Å². The lowest BCUT2D eigenvalue weighted by molar-refractivity contribution is 0.209. The van der Waals surface area contributed by atoms with E-state index in [-0.39, 0.29) is 5.82 Å². The Kier molecular flexibility index (Phi) is 1.95. The Labute approximate surface area is 65.1 Å². The van der Waals surface area contributed by atoms with Crippen molar-refractivity contribution >= 4 is 11.9 Å². The number of aromatic nitrogens is 2. The average Bonchev–Trinajstić information content (AvgIpc) is 1.81. The van der Waals surface area contributed by atoms with E-state index in [0.717, 1.165) is 6.07 Å². The highest BCUT2D eigenvalue weighted by molar-refractivity contribution is 5.81. The van der Waals surface area contributed by atoms with Gasteiger partial charge in [0.2, 0.25) is 0 Å². The van der Waals surface area contributed by atoms with Crippen molar-refractivity contribution in [1.82, 2.24) is 9.97 Å². The maximum atomic E-state index is 10.6. The van der Waals surface area contributed by atoms with Crippen LogP contribution in [0.2, 0.25) is 0 Å². The van der Waals surface area contributed by atoms with Crippen LogP contribution < -0.4 is 16.6 Å². The van der Waals surface area contributed by atoms with Crippen molar-refractivity contribution in [2.45, 2.75) is 0 Å². The molecule has 1 aromatic heterocycles. The molecule has 1 heterocycles. The van der Waals surface area contributed by atoms with Gasteiger partial charge in [-0.1, -0.05) is 0 Å². The topological polar surface area (TPSA) is 115 Å². The molecule has 0 radical (unpaired) electrons. The van der Waals surface area contributed by atoms with Gasteiger partial charge >= 0.3 is 11.8 Å². The third-order valence-corrected chi connectivity index (χ3v) is 1.00. The van der Waals surface area contributed by atoms with Crippen LogP contribution in [-0.4, -0.2) is 21.2 Å². The number of hydrogen-bond acceptors (Lipinski definition) is 3. The Morgan fingerprint density at radius 1 is 1.42 bits per heavy atom. The van der Waals surface area contributed by atoms with E-state index >= 15 is 0 Å². The molecule has 0 unspecified atom stereocenters. The molecule has 0 aromatic carbocycles. The van der Waals surface area contributed by atoms with Crippen LogP contribution in [0.15, 0.2) is 15.7 Å². The summed E-state index contributed by atoms with van der Waals surface area (Å²) in [5.74, 6) is -0.156. The highest BCUT2D eigenvalue weighted by atomic mass is 16.4. The molecule has 0 aliphatic rings. The lowest BCUT2D eigenvalue weighted by Gasteiger charge is -1.96. The van der Waals surface area contributed by atoms with E-state index in [2.05, 4.69) is 4.98 Å². The second-order valence-corrected chi connectivity index (χ2v) is 1.93. The minimum Gasteiger partial charge on any atom is -0.465 e. The minimum atomic E-state index is -1.35. The summed E-state index contributed by atoms with van der Waals surface area (Å²) in [7, 11) is 0. The van der Waals surface area contributed by atoms with Crippen molar-refractivity contribution in [2.24, 2.45) is 0 Å². The van der Waals surface area contributed by atoms with Crippen LogP contribution in [0.5, 0.6) is 0 Å². The molecule has 0 aliphatic carbocycles. The number of amides is 1. The molecule has 7 heteroatoms. The normalized spacial score (nSPS) is 9.33. The minimum absolute atomic E-state index is 0.156. The Hall–Kier alpha value is -2.05. The van der Waals surface area contributed by atoms with E-state index in [0.29, 0.717) is 0 Å². The zero-order valence-electron chi connectivity index (χ0n) is 5.75. The Morgan fingerprint density at radius 2 is 2.08 bits per heavy atom. The van der Waals surface area contributed by atoms with Crippen molar-refractivity contribution in [3.05, 3.63) is 26.9 Å². The molecule has 0 spiro atoms. The standard InChI is InChI=1S/C5H5N3O4/c9-3-1-2(7-5(11)12)6-4(10)8-3/h1H,(H,11,12)(H3,6,7,8,9,10). The molecule has 0 bridgehead atoms. The fraction of sp³-hybridized carbons (Fsp3) is 0. The second kappa shape index (κ2) is 2.91. The van der Waals surface area contributed by atoms with Gasteiger partial charge in [0.1, 0.15) is 5.82 Å². The molecule has 7 nitrogen and oxygen atoms in total. The van der Waals surface area contributed by atoms with Crippen LogP contribution >= 0.6 is 0 Å². The van der Waals surface area contributed by atoms with Gasteiger partial charge in [-0.2, -0.15) is 0 Å². The van der Waals surface area contributed by atoms with Crippen LogP contribution in [0.4, 0.5) is 10.6 Å². The first-order valence-electron chi connectivity index (χ1n) is 2.91. The molecule has 4 N–H and O–H groups in total. The number of carboxylic acid groups (broad SMARTS) is 1. The summed E-state index contributed by atoms with van der Waals surface area (Å²) >= 11 is 0. The molecule has 1 rings (SSSR count). The molecule has 0 aliphatic heterocycles. The van der Waals surface area contributed by atoms with Gasteiger partial charge in [0, 0.05) is 6.07 Å². The van der Waals surface area contributed by atoms with Crippen LogP contribution in [0.25, 0.3) is 0 Å². The predicted octanol–water partition coefficient (Wildman–Crippen LogP) is -0.847. The zero-order chi connectivity index (χ0) is 9.14. The monoisotopic (exact) mass is 171 g/mol. The number of anilines is 1. The maximum absolute atomic E-state index is 10.6. The van der Waals surface area contributed by atoms with Crippen LogP contribution in [0.1, 0.15) is 0 Å². The van der Waals surface area contributed by atoms with Gasteiger partial charge in [0.25, 0.3) is 5.56 Å². The molecule has 0 fully saturated rings. The Balaban J connectivity index is 3.09. The number of nitrogens with one attached hydrogen (secondary N) is 3. The third kappa shape index (κ3) is 1.97. The molecule has 0 atom stereocenters. The van der Waals surface area contributed by atoms with E-state index in [1.54, 1.807) is 0 Å². The first kappa shape index (κ1) is 8.05. The summed E-state index contributed by atoms with van der Waals surface area (Å²) in [4.78, 5) is 35.1. The SMILES string of the molecule is O=C(O)Nc1cc(=O)[nH]c(=O)[nH]1. The third-order valence-electron chi connectivity index (χ3n) is 1.00.